The van der Waals surface area contributed by atoms with Gasteiger partial charge in [0, 0.05) is 0 Å². The molecule has 3 aromatic rings. The average molecular weight is 306 g/mol. The Labute approximate surface area is 122 Å². The number of benzene rings is 2. The standard InChI is InChI=1S/C14H9F3N4O/c15-8-5-6-10(14(17)13(8)16)18-12(22)7-21-11-4-2-1-3-9(11)19-20-21/h1-6H,7H2,(H,18,22). The SMILES string of the molecule is O=C(Cn1nnc2ccccc21)Nc1ccc(F)c(F)c1F. The molecule has 1 aromatic heterocycles. The van der Waals surface area contributed by atoms with Gasteiger partial charge in [-0.1, -0.05) is 17.3 Å². The van der Waals surface area contributed by atoms with Gasteiger partial charge in [-0.3, -0.25) is 4.79 Å². The number of para-hydroxylation sites is 1. The van der Waals surface area contributed by atoms with Gasteiger partial charge in [0.25, 0.3) is 0 Å². The lowest BCUT2D eigenvalue weighted by Gasteiger charge is -2.07. The van der Waals surface area contributed by atoms with Gasteiger partial charge in [-0.25, -0.2) is 17.9 Å². The summed E-state index contributed by atoms with van der Waals surface area (Å²) in [6, 6.07) is 8.67. The molecular weight excluding hydrogens is 297 g/mol. The van der Waals surface area contributed by atoms with E-state index in [-0.39, 0.29) is 6.54 Å². The van der Waals surface area contributed by atoms with Gasteiger partial charge in [-0.2, -0.15) is 0 Å². The number of rotatable bonds is 3. The maximum atomic E-state index is 13.5. The van der Waals surface area contributed by atoms with Crippen LogP contribution in [0, 0.1) is 17.5 Å². The van der Waals surface area contributed by atoms with E-state index in [0.29, 0.717) is 11.0 Å². The second kappa shape index (κ2) is 5.47. The molecule has 1 N–H and O–H groups in total. The summed E-state index contributed by atoms with van der Waals surface area (Å²) in [6.45, 7) is -0.237. The van der Waals surface area contributed by atoms with Crippen molar-refractivity contribution in [1.29, 1.82) is 0 Å². The van der Waals surface area contributed by atoms with Crippen LogP contribution in [0.2, 0.25) is 0 Å². The Kier molecular flexibility index (Phi) is 3.50. The maximum Gasteiger partial charge on any atom is 0.246 e. The summed E-state index contributed by atoms with van der Waals surface area (Å²) in [6.07, 6.45) is 0. The summed E-state index contributed by atoms with van der Waals surface area (Å²) in [5.74, 6) is -5.04. The van der Waals surface area contributed by atoms with Crippen molar-refractivity contribution in [1.82, 2.24) is 15.0 Å². The molecule has 0 saturated carbocycles. The number of halogens is 3. The zero-order valence-corrected chi connectivity index (χ0v) is 11.1. The van der Waals surface area contributed by atoms with Crippen molar-refractivity contribution in [3.63, 3.8) is 0 Å². The molecule has 112 valence electrons. The predicted octanol–water partition coefficient (Wildman–Crippen LogP) is 2.49. The fraction of sp³-hybridized carbons (Fsp3) is 0.0714. The molecular formula is C14H9F3N4O. The largest absolute Gasteiger partial charge is 0.322 e. The lowest BCUT2D eigenvalue weighted by Crippen LogP contribution is -2.20. The first-order valence-electron chi connectivity index (χ1n) is 6.28. The van der Waals surface area contributed by atoms with Crippen LogP contribution in [-0.4, -0.2) is 20.9 Å². The van der Waals surface area contributed by atoms with Gasteiger partial charge < -0.3 is 5.32 Å². The highest BCUT2D eigenvalue weighted by molar-refractivity contribution is 5.91. The summed E-state index contributed by atoms with van der Waals surface area (Å²) >= 11 is 0. The van der Waals surface area contributed by atoms with Gasteiger partial charge in [0.05, 0.1) is 11.2 Å². The minimum absolute atomic E-state index is 0.237. The minimum Gasteiger partial charge on any atom is -0.322 e. The van der Waals surface area contributed by atoms with Crippen LogP contribution >= 0.6 is 0 Å². The van der Waals surface area contributed by atoms with Gasteiger partial charge in [0.15, 0.2) is 17.5 Å². The van der Waals surface area contributed by atoms with Crippen LogP contribution in [0.1, 0.15) is 0 Å². The second-order valence-electron chi connectivity index (χ2n) is 4.51. The van der Waals surface area contributed by atoms with Gasteiger partial charge in [-0.15, -0.1) is 5.10 Å². The fourth-order valence-electron chi connectivity index (χ4n) is 1.98. The molecule has 8 heteroatoms. The molecule has 0 aliphatic heterocycles. The highest BCUT2D eigenvalue weighted by atomic mass is 19.2. The first-order valence-corrected chi connectivity index (χ1v) is 6.28. The van der Waals surface area contributed by atoms with E-state index in [9.17, 15) is 18.0 Å². The number of nitrogens with one attached hydrogen (secondary N) is 1. The summed E-state index contributed by atoms with van der Waals surface area (Å²) < 4.78 is 40.7. The molecule has 0 aliphatic carbocycles. The fourth-order valence-corrected chi connectivity index (χ4v) is 1.98. The van der Waals surface area contributed by atoms with Crippen molar-refractivity contribution in [3.05, 3.63) is 53.8 Å². The van der Waals surface area contributed by atoms with Crippen molar-refractivity contribution < 1.29 is 18.0 Å². The molecule has 0 bridgehead atoms. The highest BCUT2D eigenvalue weighted by Crippen LogP contribution is 2.19. The summed E-state index contributed by atoms with van der Waals surface area (Å²) in [7, 11) is 0. The monoisotopic (exact) mass is 306 g/mol. The first kappa shape index (κ1) is 14.1. The summed E-state index contributed by atoms with van der Waals surface area (Å²) in [4.78, 5) is 11.9. The molecule has 0 radical (unpaired) electrons. The third kappa shape index (κ3) is 2.50. The molecule has 3 rings (SSSR count). The van der Waals surface area contributed by atoms with E-state index in [1.54, 1.807) is 24.3 Å². The van der Waals surface area contributed by atoms with Crippen molar-refractivity contribution in [2.24, 2.45) is 0 Å². The van der Waals surface area contributed by atoms with Crippen molar-refractivity contribution in [2.45, 2.75) is 6.54 Å². The van der Waals surface area contributed by atoms with E-state index in [0.717, 1.165) is 12.1 Å². The van der Waals surface area contributed by atoms with Crippen LogP contribution in [-0.2, 0) is 11.3 Å². The molecule has 5 nitrogen and oxygen atoms in total. The molecule has 0 fully saturated rings. The quantitative estimate of drug-likeness (QED) is 0.756. The van der Waals surface area contributed by atoms with E-state index < -0.39 is 29.0 Å². The Hall–Kier alpha value is -2.90. The lowest BCUT2D eigenvalue weighted by atomic mass is 10.2. The first-order chi connectivity index (χ1) is 10.6. The van der Waals surface area contributed by atoms with Gasteiger partial charge >= 0.3 is 0 Å². The van der Waals surface area contributed by atoms with Crippen LogP contribution in [0.5, 0.6) is 0 Å². The van der Waals surface area contributed by atoms with E-state index in [1.165, 1.54) is 4.68 Å². The lowest BCUT2D eigenvalue weighted by molar-refractivity contribution is -0.116. The van der Waals surface area contributed by atoms with Crippen LogP contribution in [0.4, 0.5) is 18.9 Å². The Morgan fingerprint density at radius 2 is 1.86 bits per heavy atom. The van der Waals surface area contributed by atoms with Crippen molar-refractivity contribution in [2.75, 3.05) is 5.32 Å². The smallest absolute Gasteiger partial charge is 0.246 e. The Morgan fingerprint density at radius 1 is 1.09 bits per heavy atom. The van der Waals surface area contributed by atoms with Crippen LogP contribution < -0.4 is 5.32 Å². The van der Waals surface area contributed by atoms with E-state index in [2.05, 4.69) is 15.6 Å². The molecule has 1 heterocycles. The van der Waals surface area contributed by atoms with Crippen molar-refractivity contribution in [3.8, 4) is 0 Å². The zero-order valence-electron chi connectivity index (χ0n) is 11.1. The average Bonchev–Trinajstić information content (AvgIpc) is 2.91. The topological polar surface area (TPSA) is 59.8 Å². The normalized spacial score (nSPS) is 10.9. The number of hydrogen-bond acceptors (Lipinski definition) is 3. The second-order valence-corrected chi connectivity index (χ2v) is 4.51. The number of fused-ring (bicyclic) bond motifs is 1. The molecule has 0 unspecified atom stereocenters. The molecule has 0 atom stereocenters. The molecule has 0 aliphatic rings. The van der Waals surface area contributed by atoms with E-state index in [4.69, 9.17) is 0 Å². The molecule has 22 heavy (non-hydrogen) atoms. The number of hydrogen-bond donors (Lipinski definition) is 1. The van der Waals surface area contributed by atoms with Crippen LogP contribution in [0.3, 0.4) is 0 Å². The Bertz CT molecular complexity index is 862. The predicted molar refractivity (Wildman–Crippen MR) is 72.5 cm³/mol. The van der Waals surface area contributed by atoms with Gasteiger partial charge in [-0.05, 0) is 24.3 Å². The van der Waals surface area contributed by atoms with Gasteiger partial charge in [0.2, 0.25) is 5.91 Å². The zero-order chi connectivity index (χ0) is 15.7. The number of anilines is 1. The van der Waals surface area contributed by atoms with Crippen molar-refractivity contribution >= 4 is 22.6 Å². The molecule has 0 saturated heterocycles. The molecule has 2 aromatic carbocycles. The molecule has 0 spiro atoms. The summed E-state index contributed by atoms with van der Waals surface area (Å²) in [5.41, 5.74) is 0.797. The van der Waals surface area contributed by atoms with Crippen LogP contribution in [0.25, 0.3) is 11.0 Å². The number of carbonyl (C=O) groups is 1. The van der Waals surface area contributed by atoms with E-state index >= 15 is 0 Å². The number of nitrogens with zero attached hydrogens (tertiary/aromatic N) is 3. The van der Waals surface area contributed by atoms with Gasteiger partial charge in [0.1, 0.15) is 12.1 Å². The third-order valence-electron chi connectivity index (χ3n) is 3.02. The third-order valence-corrected chi connectivity index (χ3v) is 3.02. The number of aromatic nitrogens is 3. The number of carbonyl (C=O) groups excluding carboxylic acids is 1. The minimum atomic E-state index is -1.64. The molecule has 1 amide bonds. The summed E-state index contributed by atoms with van der Waals surface area (Å²) in [5, 5.41) is 9.85. The highest BCUT2D eigenvalue weighted by Gasteiger charge is 2.16. The van der Waals surface area contributed by atoms with Crippen LogP contribution in [0.15, 0.2) is 36.4 Å². The Morgan fingerprint density at radius 3 is 2.68 bits per heavy atom. The maximum absolute atomic E-state index is 13.5. The Balaban J connectivity index is 1.80. The number of amides is 1. The van der Waals surface area contributed by atoms with E-state index in [1.807, 2.05) is 0 Å².